The number of aromatic nitrogens is 1. The first-order valence-corrected chi connectivity index (χ1v) is 17.2. The van der Waals surface area contributed by atoms with Gasteiger partial charge in [-0.3, -0.25) is 0 Å². The van der Waals surface area contributed by atoms with Crippen molar-refractivity contribution in [2.75, 3.05) is 0 Å². The van der Waals surface area contributed by atoms with Gasteiger partial charge in [0.15, 0.2) is 0 Å². The first-order valence-electron chi connectivity index (χ1n) is 16.4. The molecule has 0 saturated heterocycles. The van der Waals surface area contributed by atoms with E-state index in [4.69, 9.17) is 0 Å². The third-order valence-electron chi connectivity index (χ3n) is 9.45. The molecule has 2 heteroatoms. The zero-order chi connectivity index (χ0) is 32.6. The van der Waals surface area contributed by atoms with Crippen molar-refractivity contribution in [2.24, 2.45) is 0 Å². The van der Waals surface area contributed by atoms with Gasteiger partial charge in [-0.25, -0.2) is 0 Å². The van der Waals surface area contributed by atoms with Crippen molar-refractivity contribution in [3.8, 4) is 5.69 Å². The Morgan fingerprint density at radius 1 is 0.688 bits per heavy atom. The van der Waals surface area contributed by atoms with Crippen LogP contribution in [0.4, 0.5) is 0 Å². The summed E-state index contributed by atoms with van der Waals surface area (Å²) in [5, 5.41) is 8.96. The van der Waals surface area contributed by atoms with Crippen molar-refractivity contribution >= 4 is 82.0 Å². The molecule has 0 aliphatic heterocycles. The lowest BCUT2D eigenvalue weighted by Gasteiger charge is -2.10. The molecular weight excluding hydrogens is 599 g/mol. The number of nitrogens with zero attached hydrogens (tertiary/aromatic N) is 1. The standard InChI is InChI=1S/C46H35NS/c1-4-31(15-7-8-16-32(5-2)46-37(6-3)40-21-13-14-22-43(40)48-46)33-23-27-36(28-24-33)47-41-29-25-34-17-9-11-19-38(34)44(41)45-39-20-12-10-18-35(39)26-30-42(45)47/h4-15,17-30H,1,3,16H2,2H3/b8-7-,31-15+,32-5-. The third kappa shape index (κ3) is 4.94. The molecule has 0 unspecified atom stereocenters. The van der Waals surface area contributed by atoms with Crippen molar-refractivity contribution in [3.63, 3.8) is 0 Å². The average molecular weight is 634 g/mol. The normalized spacial score (nSPS) is 12.7. The van der Waals surface area contributed by atoms with E-state index in [1.807, 2.05) is 23.5 Å². The van der Waals surface area contributed by atoms with Gasteiger partial charge in [-0.15, -0.1) is 11.3 Å². The summed E-state index contributed by atoms with van der Waals surface area (Å²) in [6, 6.07) is 43.9. The van der Waals surface area contributed by atoms with Crippen LogP contribution >= 0.6 is 11.3 Å². The molecule has 2 heterocycles. The van der Waals surface area contributed by atoms with Crippen LogP contribution in [-0.4, -0.2) is 4.57 Å². The molecule has 8 rings (SSSR count). The van der Waals surface area contributed by atoms with Crippen LogP contribution in [0.15, 0.2) is 165 Å². The maximum absolute atomic E-state index is 4.15. The van der Waals surface area contributed by atoms with Crippen molar-refractivity contribution in [2.45, 2.75) is 13.3 Å². The van der Waals surface area contributed by atoms with Gasteiger partial charge in [-0.1, -0.05) is 141 Å². The Morgan fingerprint density at radius 2 is 1.29 bits per heavy atom. The zero-order valence-corrected chi connectivity index (χ0v) is 27.8. The average Bonchev–Trinajstić information content (AvgIpc) is 3.69. The van der Waals surface area contributed by atoms with Gasteiger partial charge in [0, 0.05) is 31.4 Å². The van der Waals surface area contributed by atoms with E-state index in [2.05, 4.69) is 170 Å². The molecule has 0 saturated carbocycles. The van der Waals surface area contributed by atoms with Crippen molar-refractivity contribution in [3.05, 3.63) is 181 Å². The van der Waals surface area contributed by atoms with Gasteiger partial charge < -0.3 is 4.57 Å². The van der Waals surface area contributed by atoms with E-state index in [0.717, 1.165) is 23.2 Å². The molecule has 0 atom stereocenters. The lowest BCUT2D eigenvalue weighted by molar-refractivity contribution is 1.18. The quantitative estimate of drug-likeness (QED) is 0.147. The fourth-order valence-corrected chi connectivity index (χ4v) is 8.42. The molecule has 2 aromatic heterocycles. The SMILES string of the molecule is C=C/C(=C\C=C/C/C(=C/C)c1sc2ccccc2c1C=C)c1ccc(-n2c3ccc4ccccc4c3c3c4ccccc4ccc32)cc1. The molecule has 0 aliphatic carbocycles. The predicted molar refractivity (Wildman–Crippen MR) is 213 cm³/mol. The van der Waals surface area contributed by atoms with Crippen LogP contribution in [0.5, 0.6) is 0 Å². The van der Waals surface area contributed by atoms with Gasteiger partial charge in [0.05, 0.1) is 11.0 Å². The number of benzene rings is 6. The lowest BCUT2D eigenvalue weighted by atomic mass is 10.00. The van der Waals surface area contributed by atoms with Crippen molar-refractivity contribution in [1.29, 1.82) is 0 Å². The van der Waals surface area contributed by atoms with Gasteiger partial charge in [-0.05, 0) is 87.5 Å². The number of fused-ring (bicyclic) bond motifs is 8. The summed E-state index contributed by atoms with van der Waals surface area (Å²) in [4.78, 5) is 1.30. The molecule has 230 valence electrons. The summed E-state index contributed by atoms with van der Waals surface area (Å²) in [5.41, 5.74) is 8.34. The summed E-state index contributed by atoms with van der Waals surface area (Å²) < 4.78 is 3.71. The molecule has 0 aliphatic rings. The highest BCUT2D eigenvalue weighted by Crippen LogP contribution is 2.41. The second kappa shape index (κ2) is 12.5. The minimum Gasteiger partial charge on any atom is -0.309 e. The van der Waals surface area contributed by atoms with E-state index in [1.54, 1.807) is 0 Å². The fourth-order valence-electron chi connectivity index (χ4n) is 7.13. The summed E-state index contributed by atoms with van der Waals surface area (Å²) in [6.45, 7) is 10.4. The highest BCUT2D eigenvalue weighted by atomic mass is 32.1. The van der Waals surface area contributed by atoms with Gasteiger partial charge in [0.2, 0.25) is 0 Å². The molecular formula is C46H35NS. The highest BCUT2D eigenvalue weighted by Gasteiger charge is 2.17. The predicted octanol–water partition coefficient (Wildman–Crippen LogP) is 13.6. The smallest absolute Gasteiger partial charge is 0.0547 e. The summed E-state index contributed by atoms with van der Waals surface area (Å²) in [5.74, 6) is 0. The number of allylic oxidation sites excluding steroid dienone is 7. The Morgan fingerprint density at radius 3 is 1.90 bits per heavy atom. The summed E-state index contributed by atoms with van der Waals surface area (Å²) >= 11 is 1.84. The molecule has 0 spiro atoms. The highest BCUT2D eigenvalue weighted by molar-refractivity contribution is 7.20. The molecule has 1 nitrogen and oxygen atoms in total. The molecule has 0 fully saturated rings. The van der Waals surface area contributed by atoms with Crippen molar-refractivity contribution in [1.82, 2.24) is 4.57 Å². The van der Waals surface area contributed by atoms with E-state index in [0.29, 0.717) is 0 Å². The van der Waals surface area contributed by atoms with E-state index in [9.17, 15) is 0 Å². The van der Waals surface area contributed by atoms with Crippen LogP contribution in [0.1, 0.15) is 29.3 Å². The van der Waals surface area contributed by atoms with Crippen LogP contribution in [-0.2, 0) is 0 Å². The second-order valence-corrected chi connectivity index (χ2v) is 13.1. The molecule has 0 amide bonds. The fraction of sp³-hybridized carbons (Fsp3) is 0.0435. The van der Waals surface area contributed by atoms with E-state index < -0.39 is 0 Å². The topological polar surface area (TPSA) is 4.93 Å². The first-order chi connectivity index (χ1) is 23.7. The monoisotopic (exact) mass is 633 g/mol. The van der Waals surface area contributed by atoms with Crippen LogP contribution in [0.25, 0.3) is 76.3 Å². The number of hydrogen-bond donors (Lipinski definition) is 0. The lowest BCUT2D eigenvalue weighted by Crippen LogP contribution is -1.94. The second-order valence-electron chi connectivity index (χ2n) is 12.1. The molecule has 6 aromatic carbocycles. The van der Waals surface area contributed by atoms with Gasteiger partial charge in [0.25, 0.3) is 0 Å². The van der Waals surface area contributed by atoms with Crippen LogP contribution in [0.2, 0.25) is 0 Å². The van der Waals surface area contributed by atoms with Gasteiger partial charge in [-0.2, -0.15) is 0 Å². The number of hydrogen-bond acceptors (Lipinski definition) is 1. The van der Waals surface area contributed by atoms with Gasteiger partial charge >= 0.3 is 0 Å². The molecule has 8 aromatic rings. The van der Waals surface area contributed by atoms with Crippen molar-refractivity contribution < 1.29 is 0 Å². The Kier molecular flexibility index (Phi) is 7.72. The van der Waals surface area contributed by atoms with E-state index in [-0.39, 0.29) is 0 Å². The Hall–Kier alpha value is -5.70. The molecule has 48 heavy (non-hydrogen) atoms. The van der Waals surface area contributed by atoms with Crippen LogP contribution < -0.4 is 0 Å². The van der Waals surface area contributed by atoms with Crippen LogP contribution in [0, 0.1) is 0 Å². The minimum atomic E-state index is 0.848. The molecule has 0 bridgehead atoms. The number of rotatable bonds is 8. The maximum Gasteiger partial charge on any atom is 0.0547 e. The minimum absolute atomic E-state index is 0.848. The largest absolute Gasteiger partial charge is 0.309 e. The Balaban J connectivity index is 1.14. The summed E-state index contributed by atoms with van der Waals surface area (Å²) in [7, 11) is 0. The molecule has 0 N–H and O–H groups in total. The molecule has 0 radical (unpaired) electrons. The third-order valence-corrected chi connectivity index (χ3v) is 10.7. The van der Waals surface area contributed by atoms with E-state index in [1.165, 1.54) is 69.5 Å². The summed E-state index contributed by atoms with van der Waals surface area (Å²) in [6.07, 6.45) is 13.5. The first kappa shape index (κ1) is 29.7. The zero-order valence-electron chi connectivity index (χ0n) is 27.0. The van der Waals surface area contributed by atoms with Crippen LogP contribution in [0.3, 0.4) is 0 Å². The van der Waals surface area contributed by atoms with Gasteiger partial charge in [0.1, 0.15) is 0 Å². The Labute approximate surface area is 285 Å². The Bertz CT molecular complexity index is 2520. The number of thiophene rings is 1. The maximum atomic E-state index is 4.15. The van der Waals surface area contributed by atoms with E-state index >= 15 is 0 Å².